The Bertz CT molecular complexity index is 750. The zero-order chi connectivity index (χ0) is 19.5. The minimum absolute atomic E-state index is 0.0830. The van der Waals surface area contributed by atoms with E-state index in [4.69, 9.17) is 21.1 Å². The lowest BCUT2D eigenvalue weighted by Gasteiger charge is -2.09. The molecule has 0 bridgehead atoms. The maximum absolute atomic E-state index is 12.0. The molecule has 144 valence electrons. The average molecular weight is 391 g/mol. The van der Waals surface area contributed by atoms with E-state index in [1.807, 2.05) is 24.3 Å². The summed E-state index contributed by atoms with van der Waals surface area (Å²) >= 11 is 5.96. The molecule has 0 aliphatic rings. The number of methoxy groups -OCH3 is 1. The van der Waals surface area contributed by atoms with Crippen LogP contribution in [0, 0.1) is 0 Å². The van der Waals surface area contributed by atoms with Crippen LogP contribution in [0.3, 0.4) is 0 Å². The summed E-state index contributed by atoms with van der Waals surface area (Å²) in [6.07, 6.45) is 0.957. The van der Waals surface area contributed by atoms with E-state index in [0.29, 0.717) is 43.1 Å². The van der Waals surface area contributed by atoms with Crippen LogP contribution in [-0.4, -0.2) is 38.6 Å². The first-order valence-electron chi connectivity index (χ1n) is 8.66. The van der Waals surface area contributed by atoms with Crippen LogP contribution in [0.5, 0.6) is 11.5 Å². The molecule has 0 fully saturated rings. The molecule has 2 N–H and O–H groups in total. The third kappa shape index (κ3) is 7.19. The zero-order valence-corrected chi connectivity index (χ0v) is 15.9. The highest BCUT2D eigenvalue weighted by atomic mass is 35.5. The molecule has 0 aliphatic heterocycles. The quantitative estimate of drug-likeness (QED) is 0.611. The molecular formula is C20H23ClN2O4. The van der Waals surface area contributed by atoms with Gasteiger partial charge in [-0.15, -0.1) is 0 Å². The number of carbonyl (C=O) groups excluding carboxylic acids is 2. The van der Waals surface area contributed by atoms with E-state index >= 15 is 0 Å². The van der Waals surface area contributed by atoms with E-state index in [2.05, 4.69) is 10.6 Å². The van der Waals surface area contributed by atoms with Gasteiger partial charge >= 0.3 is 0 Å². The number of halogens is 1. The summed E-state index contributed by atoms with van der Waals surface area (Å²) in [5, 5.41) is 5.88. The highest BCUT2D eigenvalue weighted by Crippen LogP contribution is 2.17. The fourth-order valence-electron chi connectivity index (χ4n) is 2.30. The van der Waals surface area contributed by atoms with Gasteiger partial charge in [0, 0.05) is 19.5 Å². The number of amides is 2. The minimum atomic E-state index is -0.261. The van der Waals surface area contributed by atoms with Crippen LogP contribution in [0.2, 0.25) is 5.02 Å². The van der Waals surface area contributed by atoms with E-state index < -0.39 is 0 Å². The van der Waals surface area contributed by atoms with Crippen molar-refractivity contribution in [1.29, 1.82) is 0 Å². The van der Waals surface area contributed by atoms with Gasteiger partial charge in [-0.3, -0.25) is 9.59 Å². The number of ether oxygens (including phenoxy) is 2. The van der Waals surface area contributed by atoms with Crippen molar-refractivity contribution in [3.05, 3.63) is 59.1 Å². The molecule has 0 aromatic heterocycles. The summed E-state index contributed by atoms with van der Waals surface area (Å²) in [6, 6.07) is 14.1. The Kier molecular flexibility index (Phi) is 8.45. The van der Waals surface area contributed by atoms with Crippen molar-refractivity contribution in [3.63, 3.8) is 0 Å². The molecule has 0 heterocycles. The number of benzene rings is 2. The fraction of sp³-hybridized carbons (Fsp3) is 0.300. The summed E-state index contributed by atoms with van der Waals surface area (Å²) in [6.45, 7) is 1.13. The topological polar surface area (TPSA) is 76.7 Å². The molecule has 0 atom stereocenters. The standard InChI is InChI=1S/C20H23ClN2O4/c1-26-15-8-10-16(11-9-15)27-14-4-7-19(24)22-12-13-23-20(25)17-5-2-3-6-18(17)21/h2-3,5-6,8-11H,4,7,12-14H2,1H3,(H,22,24)(H,23,25). The lowest BCUT2D eigenvalue weighted by molar-refractivity contribution is -0.121. The summed E-state index contributed by atoms with van der Waals surface area (Å²) in [5.74, 6) is 1.16. The van der Waals surface area contributed by atoms with Gasteiger partial charge < -0.3 is 20.1 Å². The van der Waals surface area contributed by atoms with Crippen LogP contribution in [-0.2, 0) is 4.79 Å². The van der Waals surface area contributed by atoms with Crippen molar-refractivity contribution in [3.8, 4) is 11.5 Å². The molecule has 0 spiro atoms. The molecule has 27 heavy (non-hydrogen) atoms. The summed E-state index contributed by atoms with van der Waals surface area (Å²) in [4.78, 5) is 23.8. The van der Waals surface area contributed by atoms with Gasteiger partial charge in [-0.25, -0.2) is 0 Å². The monoisotopic (exact) mass is 390 g/mol. The van der Waals surface area contributed by atoms with E-state index in [0.717, 1.165) is 11.5 Å². The summed E-state index contributed by atoms with van der Waals surface area (Å²) in [5.41, 5.74) is 0.418. The second-order valence-corrected chi connectivity index (χ2v) is 6.12. The molecule has 2 rings (SSSR count). The number of rotatable bonds is 10. The third-order valence-electron chi connectivity index (χ3n) is 3.73. The molecule has 7 heteroatoms. The maximum Gasteiger partial charge on any atom is 0.252 e. The molecule has 2 aromatic rings. The van der Waals surface area contributed by atoms with E-state index in [-0.39, 0.29) is 11.8 Å². The Morgan fingerprint density at radius 1 is 0.963 bits per heavy atom. The fourth-order valence-corrected chi connectivity index (χ4v) is 2.52. The highest BCUT2D eigenvalue weighted by Gasteiger charge is 2.08. The Morgan fingerprint density at radius 3 is 2.33 bits per heavy atom. The predicted octanol–water partition coefficient (Wildman–Crippen LogP) is 3.05. The molecule has 2 aromatic carbocycles. The SMILES string of the molecule is COc1ccc(OCCCC(=O)NCCNC(=O)c2ccccc2Cl)cc1. The van der Waals surface area contributed by atoms with Gasteiger partial charge in [0.15, 0.2) is 0 Å². The number of hydrogen-bond donors (Lipinski definition) is 2. The van der Waals surface area contributed by atoms with Crippen LogP contribution < -0.4 is 20.1 Å². The van der Waals surface area contributed by atoms with Gasteiger partial charge in [0.25, 0.3) is 5.91 Å². The largest absolute Gasteiger partial charge is 0.497 e. The van der Waals surface area contributed by atoms with Crippen LogP contribution >= 0.6 is 11.6 Å². The molecule has 6 nitrogen and oxygen atoms in total. The van der Waals surface area contributed by atoms with Crippen molar-refractivity contribution < 1.29 is 19.1 Å². The molecule has 0 radical (unpaired) electrons. The normalized spacial score (nSPS) is 10.1. The maximum atomic E-state index is 12.0. The zero-order valence-electron chi connectivity index (χ0n) is 15.2. The molecule has 0 saturated heterocycles. The number of carbonyl (C=O) groups is 2. The second-order valence-electron chi connectivity index (χ2n) is 5.71. The van der Waals surface area contributed by atoms with Crippen molar-refractivity contribution in [2.75, 3.05) is 26.8 Å². The van der Waals surface area contributed by atoms with E-state index in [9.17, 15) is 9.59 Å². The van der Waals surface area contributed by atoms with Crippen molar-refractivity contribution in [2.45, 2.75) is 12.8 Å². The van der Waals surface area contributed by atoms with E-state index in [1.165, 1.54) is 0 Å². The van der Waals surface area contributed by atoms with Gasteiger partial charge in [0.1, 0.15) is 11.5 Å². The Hall–Kier alpha value is -2.73. The molecule has 2 amide bonds. The molecular weight excluding hydrogens is 368 g/mol. The van der Waals surface area contributed by atoms with Crippen LogP contribution in [0.25, 0.3) is 0 Å². The second kappa shape index (κ2) is 11.1. The Morgan fingerprint density at radius 2 is 1.63 bits per heavy atom. The summed E-state index contributed by atoms with van der Waals surface area (Å²) in [7, 11) is 1.61. The first-order valence-corrected chi connectivity index (χ1v) is 9.04. The molecule has 0 saturated carbocycles. The van der Waals surface area contributed by atoms with Gasteiger partial charge in [0.05, 0.1) is 24.3 Å². The highest BCUT2D eigenvalue weighted by molar-refractivity contribution is 6.33. The first-order chi connectivity index (χ1) is 13.1. The lowest BCUT2D eigenvalue weighted by atomic mass is 10.2. The number of nitrogens with one attached hydrogen (secondary N) is 2. The Balaban J connectivity index is 1.55. The summed E-state index contributed by atoms with van der Waals surface area (Å²) < 4.78 is 10.6. The molecule has 0 unspecified atom stereocenters. The lowest BCUT2D eigenvalue weighted by Crippen LogP contribution is -2.34. The number of hydrogen-bond acceptors (Lipinski definition) is 4. The van der Waals surface area contributed by atoms with E-state index in [1.54, 1.807) is 31.4 Å². The van der Waals surface area contributed by atoms with Crippen LogP contribution in [0.1, 0.15) is 23.2 Å². The van der Waals surface area contributed by atoms with Gasteiger partial charge in [0.2, 0.25) is 5.91 Å². The predicted molar refractivity (Wildman–Crippen MR) is 105 cm³/mol. The van der Waals surface area contributed by atoms with Crippen molar-refractivity contribution in [2.24, 2.45) is 0 Å². The minimum Gasteiger partial charge on any atom is -0.497 e. The molecule has 0 aliphatic carbocycles. The van der Waals surface area contributed by atoms with Gasteiger partial charge in [-0.05, 0) is 42.8 Å². The van der Waals surface area contributed by atoms with Gasteiger partial charge in [-0.1, -0.05) is 23.7 Å². The van der Waals surface area contributed by atoms with Crippen LogP contribution in [0.4, 0.5) is 0 Å². The van der Waals surface area contributed by atoms with Crippen molar-refractivity contribution >= 4 is 23.4 Å². The smallest absolute Gasteiger partial charge is 0.252 e. The van der Waals surface area contributed by atoms with Gasteiger partial charge in [-0.2, -0.15) is 0 Å². The van der Waals surface area contributed by atoms with Crippen molar-refractivity contribution in [1.82, 2.24) is 10.6 Å². The van der Waals surface area contributed by atoms with Crippen LogP contribution in [0.15, 0.2) is 48.5 Å². The third-order valence-corrected chi connectivity index (χ3v) is 4.06. The average Bonchev–Trinajstić information content (AvgIpc) is 2.69. The first kappa shape index (κ1) is 20.6. The Labute approximate surface area is 163 Å².